The Morgan fingerprint density at radius 1 is 0.247 bits per heavy atom. The molecule has 0 atom stereocenters. The molecule has 0 aliphatic heterocycles. The molecule has 0 unspecified atom stereocenters. The van der Waals surface area contributed by atoms with Gasteiger partial charge >= 0.3 is 11.9 Å². The highest BCUT2D eigenvalue weighted by Gasteiger charge is 2.18. The van der Waals surface area contributed by atoms with E-state index in [1.165, 1.54) is 283 Å². The summed E-state index contributed by atoms with van der Waals surface area (Å²) in [6.07, 6.45) is 58.0. The van der Waals surface area contributed by atoms with Crippen LogP contribution in [-0.4, -0.2) is 49.7 Å². The number of unbranched alkanes of at least 4 members (excludes halogenated alkanes) is 40. The minimum Gasteiger partial charge on any atom is -0.423 e. The number of nitrogens with zero attached hydrogens (tertiary/aromatic N) is 2. The van der Waals surface area contributed by atoms with Crippen molar-refractivity contribution in [3.05, 3.63) is 119 Å². The van der Waals surface area contributed by atoms with Gasteiger partial charge in [-0.2, -0.15) is 0 Å². The van der Waals surface area contributed by atoms with Crippen molar-refractivity contribution in [2.75, 3.05) is 36.0 Å². The minimum absolute atomic E-state index is 0.323. The van der Waals surface area contributed by atoms with Crippen LogP contribution in [0.2, 0.25) is 0 Å². The maximum absolute atomic E-state index is 13.4. The van der Waals surface area contributed by atoms with E-state index in [1.807, 2.05) is 24.3 Å². The van der Waals surface area contributed by atoms with E-state index in [1.54, 1.807) is 48.5 Å². The van der Waals surface area contributed by atoms with Gasteiger partial charge in [-0.1, -0.05) is 285 Å². The summed E-state index contributed by atoms with van der Waals surface area (Å²) in [5.74, 6) is -0.962. The Labute approximate surface area is 544 Å². The second-order valence-corrected chi connectivity index (χ2v) is 26.1. The van der Waals surface area contributed by atoms with Crippen LogP contribution >= 0.6 is 0 Å². The number of ketones is 2. The third-order valence-corrected chi connectivity index (χ3v) is 18.2. The SMILES string of the molecule is CCCCCCCCCCCCCN(CCCCCCCCCCCCC)c1ccc(C(=O)Oc2ccc(C(=O)CC(=O)c3ccc(OC(=O)c4ccc(N(CCCCCCCCCCCCC)CCCCCCCCCCCCC)cc4)cc3)cc2)cc1. The second kappa shape index (κ2) is 51.4. The zero-order valence-corrected chi connectivity index (χ0v) is 57.2. The van der Waals surface area contributed by atoms with Crippen molar-refractivity contribution in [2.24, 2.45) is 0 Å². The second-order valence-electron chi connectivity index (χ2n) is 26.1. The summed E-state index contributed by atoms with van der Waals surface area (Å²) < 4.78 is 11.5. The lowest BCUT2D eigenvalue weighted by Crippen LogP contribution is -2.25. The molecule has 496 valence electrons. The molecule has 0 radical (unpaired) electrons. The first-order chi connectivity index (χ1) is 43.8. The molecule has 0 fully saturated rings. The first-order valence-corrected chi connectivity index (χ1v) is 37.2. The first-order valence-electron chi connectivity index (χ1n) is 37.2. The summed E-state index contributed by atoms with van der Waals surface area (Å²) in [5.41, 5.74) is 3.92. The van der Waals surface area contributed by atoms with E-state index < -0.39 is 11.9 Å². The highest BCUT2D eigenvalue weighted by Crippen LogP contribution is 2.25. The van der Waals surface area contributed by atoms with Gasteiger partial charge in [-0.3, -0.25) is 9.59 Å². The lowest BCUT2D eigenvalue weighted by Gasteiger charge is -2.25. The Balaban J connectivity index is 1.22. The molecule has 0 N–H and O–H groups in total. The number of rotatable bonds is 58. The summed E-state index contributed by atoms with van der Waals surface area (Å²) in [7, 11) is 0. The van der Waals surface area contributed by atoms with Crippen molar-refractivity contribution in [2.45, 2.75) is 317 Å². The Bertz CT molecular complexity index is 2160. The molecule has 0 saturated carbocycles. The van der Waals surface area contributed by atoms with Crippen molar-refractivity contribution in [1.82, 2.24) is 0 Å². The predicted molar refractivity (Wildman–Crippen MR) is 379 cm³/mol. The summed E-state index contributed by atoms with van der Waals surface area (Å²) >= 11 is 0. The number of carbonyl (C=O) groups excluding carboxylic acids is 4. The molecule has 0 aromatic heterocycles. The van der Waals surface area contributed by atoms with Gasteiger partial charge in [-0.25, -0.2) is 9.59 Å². The average molecular weight is 1220 g/mol. The molecule has 0 bridgehead atoms. The number of benzene rings is 4. The third kappa shape index (κ3) is 35.8. The van der Waals surface area contributed by atoms with E-state index >= 15 is 0 Å². The number of anilines is 2. The number of Topliss-reactive ketones (excluding diaryl/α,β-unsaturated/α-hetero) is 2. The van der Waals surface area contributed by atoms with Crippen molar-refractivity contribution in [3.8, 4) is 11.5 Å². The largest absolute Gasteiger partial charge is 0.423 e. The van der Waals surface area contributed by atoms with Crippen LogP contribution in [0.25, 0.3) is 0 Å². The zero-order valence-electron chi connectivity index (χ0n) is 57.2. The van der Waals surface area contributed by atoms with Crippen LogP contribution < -0.4 is 19.3 Å². The molecule has 8 heteroatoms. The Hall–Kier alpha value is -5.24. The molecule has 0 aliphatic carbocycles. The van der Waals surface area contributed by atoms with Gasteiger partial charge in [-0.15, -0.1) is 0 Å². The summed E-state index contributed by atoms with van der Waals surface area (Å²) in [5, 5.41) is 0. The van der Waals surface area contributed by atoms with Crippen molar-refractivity contribution < 1.29 is 28.7 Å². The van der Waals surface area contributed by atoms with Crippen LogP contribution in [0, 0.1) is 0 Å². The molecule has 4 aromatic carbocycles. The van der Waals surface area contributed by atoms with Gasteiger partial charge in [0.05, 0.1) is 17.5 Å². The average Bonchev–Trinajstić information content (AvgIpc) is 3.73. The van der Waals surface area contributed by atoms with Gasteiger partial charge in [0, 0.05) is 48.7 Å². The predicted octanol–water partition coefficient (Wildman–Crippen LogP) is 24.4. The Morgan fingerprint density at radius 3 is 0.652 bits per heavy atom. The fourth-order valence-corrected chi connectivity index (χ4v) is 12.3. The molecule has 0 heterocycles. The van der Waals surface area contributed by atoms with E-state index in [2.05, 4.69) is 61.8 Å². The standard InChI is InChI=1S/C81H126N2O6/c1-5-9-13-17-21-25-29-33-37-41-45-65-82(66-46-42-38-34-30-26-22-18-14-10-6-2)74-57-49-72(50-58-74)80(86)88-76-61-53-70(54-62-76)78(84)69-79(85)71-55-63-77(64-56-71)89-81(87)73-51-59-75(60-52-73)83(67-47-43-39-35-31-27-23-19-15-11-7-3)68-48-44-40-36-32-28-24-20-16-12-8-4/h49-64H,5-48,65-69H2,1-4H3. The highest BCUT2D eigenvalue weighted by atomic mass is 16.5. The number of esters is 2. The lowest BCUT2D eigenvalue weighted by molar-refractivity contribution is 0.0725. The minimum atomic E-state index is -0.461. The van der Waals surface area contributed by atoms with Gasteiger partial charge < -0.3 is 19.3 Å². The summed E-state index contributed by atoms with van der Waals surface area (Å²) in [4.78, 5) is 58.4. The Kier molecular flexibility index (Phi) is 44.0. The van der Waals surface area contributed by atoms with Gasteiger partial charge in [0.2, 0.25) is 0 Å². The smallest absolute Gasteiger partial charge is 0.343 e. The van der Waals surface area contributed by atoms with E-state index in [0.29, 0.717) is 33.8 Å². The van der Waals surface area contributed by atoms with E-state index in [4.69, 9.17) is 9.47 Å². The van der Waals surface area contributed by atoms with Crippen LogP contribution in [-0.2, 0) is 0 Å². The van der Waals surface area contributed by atoms with Gasteiger partial charge in [-0.05, 0) is 123 Å². The van der Waals surface area contributed by atoms with Crippen LogP contribution in [0.5, 0.6) is 11.5 Å². The Morgan fingerprint density at radius 2 is 0.438 bits per heavy atom. The van der Waals surface area contributed by atoms with Gasteiger partial charge in [0.25, 0.3) is 0 Å². The van der Waals surface area contributed by atoms with E-state index in [9.17, 15) is 19.2 Å². The van der Waals surface area contributed by atoms with E-state index in [0.717, 1.165) is 37.6 Å². The number of hydrogen-bond acceptors (Lipinski definition) is 8. The fraction of sp³-hybridized carbons (Fsp3) is 0.654. The molecule has 4 rings (SSSR count). The first kappa shape index (κ1) is 76.2. The van der Waals surface area contributed by atoms with Crippen LogP contribution in [0.3, 0.4) is 0 Å². The summed E-state index contributed by atoms with van der Waals surface area (Å²) in [6.45, 7) is 13.2. The maximum atomic E-state index is 13.4. The van der Waals surface area contributed by atoms with Crippen LogP contribution in [0.4, 0.5) is 11.4 Å². The van der Waals surface area contributed by atoms with Gasteiger partial charge in [0.1, 0.15) is 11.5 Å². The topological polar surface area (TPSA) is 93.2 Å². The molecular formula is C81H126N2O6. The molecule has 0 aliphatic rings. The normalized spacial score (nSPS) is 11.3. The fourth-order valence-electron chi connectivity index (χ4n) is 12.3. The third-order valence-electron chi connectivity index (χ3n) is 18.2. The van der Waals surface area contributed by atoms with Crippen molar-refractivity contribution in [1.29, 1.82) is 0 Å². The molecule has 4 aromatic rings. The number of ether oxygens (including phenoxy) is 2. The van der Waals surface area contributed by atoms with Crippen molar-refractivity contribution >= 4 is 34.9 Å². The number of hydrogen-bond donors (Lipinski definition) is 0. The molecule has 0 saturated heterocycles. The number of carbonyl (C=O) groups is 4. The maximum Gasteiger partial charge on any atom is 0.343 e. The van der Waals surface area contributed by atoms with E-state index in [-0.39, 0.29) is 18.0 Å². The molecular weight excluding hydrogens is 1100 g/mol. The van der Waals surface area contributed by atoms with Gasteiger partial charge in [0.15, 0.2) is 11.6 Å². The van der Waals surface area contributed by atoms with Crippen molar-refractivity contribution in [3.63, 3.8) is 0 Å². The molecule has 0 spiro atoms. The van der Waals surface area contributed by atoms with Crippen LogP contribution in [0.1, 0.15) is 358 Å². The molecule has 8 nitrogen and oxygen atoms in total. The molecule has 0 amide bonds. The summed E-state index contributed by atoms with van der Waals surface area (Å²) in [6, 6.07) is 28.4. The highest BCUT2D eigenvalue weighted by molar-refractivity contribution is 6.13. The molecule has 89 heavy (non-hydrogen) atoms. The van der Waals surface area contributed by atoms with Crippen LogP contribution in [0.15, 0.2) is 97.1 Å². The zero-order chi connectivity index (χ0) is 63.5. The lowest BCUT2D eigenvalue weighted by atomic mass is 10.0. The quantitative estimate of drug-likeness (QED) is 0.0142. The monoisotopic (exact) mass is 1220 g/mol.